The number of aromatic nitrogens is 2. The Morgan fingerprint density at radius 2 is 1.97 bits per heavy atom. The number of amides is 1. The van der Waals surface area contributed by atoms with Crippen LogP contribution in [-0.4, -0.2) is 70.1 Å². The molecule has 1 aliphatic carbocycles. The van der Waals surface area contributed by atoms with Gasteiger partial charge in [0.05, 0.1) is 23.7 Å². The third-order valence-electron chi connectivity index (χ3n) is 6.64. The van der Waals surface area contributed by atoms with Gasteiger partial charge in [-0.1, -0.05) is 6.07 Å². The Morgan fingerprint density at radius 3 is 2.68 bits per heavy atom. The first-order valence-electron chi connectivity index (χ1n) is 11.6. The van der Waals surface area contributed by atoms with E-state index in [-0.39, 0.29) is 23.8 Å². The summed E-state index contributed by atoms with van der Waals surface area (Å²) in [5.41, 5.74) is 0.217. The molecule has 1 aromatic carbocycles. The summed E-state index contributed by atoms with van der Waals surface area (Å²) in [6.45, 7) is 4.10. The maximum Gasteiger partial charge on any atom is 0.416 e. The number of hydrogen-bond acceptors (Lipinski definition) is 6. The Labute approximate surface area is 195 Å². The molecule has 3 atom stereocenters. The Morgan fingerprint density at radius 1 is 1.15 bits per heavy atom. The third-order valence-corrected chi connectivity index (χ3v) is 6.64. The van der Waals surface area contributed by atoms with Crippen molar-refractivity contribution in [2.24, 2.45) is 0 Å². The number of rotatable bonds is 6. The van der Waals surface area contributed by atoms with Crippen LogP contribution >= 0.6 is 0 Å². The van der Waals surface area contributed by atoms with Gasteiger partial charge in [-0.15, -0.1) is 0 Å². The monoisotopic (exact) mass is 476 g/mol. The van der Waals surface area contributed by atoms with Gasteiger partial charge in [-0.2, -0.15) is 13.2 Å². The topological polar surface area (TPSA) is 67.8 Å². The number of ether oxygens (including phenoxy) is 2. The lowest BCUT2D eigenvalue weighted by atomic mass is 10.1. The quantitative estimate of drug-likeness (QED) is 0.636. The molecule has 1 aromatic heterocycles. The number of carbonyl (C=O) groups is 1. The van der Waals surface area contributed by atoms with Gasteiger partial charge in [-0.25, -0.2) is 4.98 Å². The Hall–Kier alpha value is -2.88. The highest BCUT2D eigenvalue weighted by Crippen LogP contribution is 2.38. The van der Waals surface area contributed by atoms with Crippen molar-refractivity contribution in [1.29, 1.82) is 0 Å². The Bertz CT molecular complexity index is 1030. The standard InChI is InChI=1S/C24H27F3N4O3/c1-15(33-19-4-2-3-17(9-19)24(25,26)27)23(32)31-8-7-30-14-20(10-18(30)13-31)34-22-12-28-21(11-29-22)16-5-6-16/h2-4,9,11-12,15-16,18,20H,5-8,10,13-14H2,1H3/t15?,18-,20+/m0/s1. The first kappa shape index (κ1) is 22.9. The highest BCUT2D eigenvalue weighted by Gasteiger charge is 2.40. The molecule has 3 fully saturated rings. The highest BCUT2D eigenvalue weighted by atomic mass is 19.4. The largest absolute Gasteiger partial charge is 0.481 e. The molecular weight excluding hydrogens is 449 g/mol. The summed E-state index contributed by atoms with van der Waals surface area (Å²) in [7, 11) is 0. The van der Waals surface area contributed by atoms with Gasteiger partial charge in [0.1, 0.15) is 11.9 Å². The minimum Gasteiger partial charge on any atom is -0.481 e. The first-order chi connectivity index (χ1) is 16.3. The van der Waals surface area contributed by atoms with Crippen LogP contribution in [0.3, 0.4) is 0 Å². The molecule has 0 bridgehead atoms. The van der Waals surface area contributed by atoms with E-state index in [9.17, 15) is 18.0 Å². The maximum atomic E-state index is 12.9. The minimum atomic E-state index is -4.46. The molecule has 0 radical (unpaired) electrons. The van der Waals surface area contributed by atoms with Crippen molar-refractivity contribution >= 4 is 5.91 Å². The summed E-state index contributed by atoms with van der Waals surface area (Å²) in [5.74, 6) is 0.858. The average Bonchev–Trinajstić information content (AvgIpc) is 3.58. The number of benzene rings is 1. The molecular formula is C24H27F3N4O3. The van der Waals surface area contributed by atoms with E-state index < -0.39 is 17.8 Å². The number of piperazine rings is 1. The molecule has 2 saturated heterocycles. The van der Waals surface area contributed by atoms with Crippen LogP contribution in [0.25, 0.3) is 0 Å². The lowest BCUT2D eigenvalue weighted by Crippen LogP contribution is -2.54. The number of hydrogen-bond donors (Lipinski definition) is 0. The highest BCUT2D eigenvalue weighted by molar-refractivity contribution is 5.81. The van der Waals surface area contributed by atoms with E-state index in [0.29, 0.717) is 31.4 Å². The molecule has 182 valence electrons. The van der Waals surface area contributed by atoms with Gasteiger partial charge in [-0.05, 0) is 38.0 Å². The SMILES string of the molecule is CC(Oc1cccc(C(F)(F)F)c1)C(=O)N1CCN2C[C@H](Oc3cnc(C4CC4)cn3)C[C@H]2C1. The predicted molar refractivity (Wildman–Crippen MR) is 117 cm³/mol. The van der Waals surface area contributed by atoms with Crippen LogP contribution in [0.2, 0.25) is 0 Å². The summed E-state index contributed by atoms with van der Waals surface area (Å²) in [5, 5.41) is 0. The van der Waals surface area contributed by atoms with Gasteiger partial charge in [0.2, 0.25) is 5.88 Å². The van der Waals surface area contributed by atoms with Gasteiger partial charge in [0, 0.05) is 44.6 Å². The van der Waals surface area contributed by atoms with Gasteiger partial charge in [0.25, 0.3) is 5.91 Å². The van der Waals surface area contributed by atoms with Crippen LogP contribution in [-0.2, 0) is 11.0 Å². The van der Waals surface area contributed by atoms with Crippen LogP contribution in [0.4, 0.5) is 13.2 Å². The molecule has 0 spiro atoms. The van der Waals surface area contributed by atoms with Crippen LogP contribution in [0, 0.1) is 0 Å². The first-order valence-corrected chi connectivity index (χ1v) is 11.6. The fourth-order valence-electron chi connectivity index (χ4n) is 4.69. The van der Waals surface area contributed by atoms with E-state index in [1.807, 2.05) is 0 Å². The zero-order chi connectivity index (χ0) is 23.9. The van der Waals surface area contributed by atoms with E-state index in [2.05, 4.69) is 14.9 Å². The van der Waals surface area contributed by atoms with Gasteiger partial charge >= 0.3 is 6.18 Å². The average molecular weight is 476 g/mol. The van der Waals surface area contributed by atoms with E-state index >= 15 is 0 Å². The summed E-state index contributed by atoms with van der Waals surface area (Å²) in [4.78, 5) is 25.8. The number of nitrogens with zero attached hydrogens (tertiary/aromatic N) is 4. The smallest absolute Gasteiger partial charge is 0.416 e. The molecule has 2 aromatic rings. The molecule has 1 saturated carbocycles. The Kier molecular flexibility index (Phi) is 6.09. The van der Waals surface area contributed by atoms with E-state index in [0.717, 1.165) is 30.8 Å². The van der Waals surface area contributed by atoms with E-state index in [1.54, 1.807) is 24.2 Å². The maximum absolute atomic E-state index is 12.9. The number of fused-ring (bicyclic) bond motifs is 1. The molecule has 0 N–H and O–H groups in total. The van der Waals surface area contributed by atoms with Crippen LogP contribution in [0.15, 0.2) is 36.7 Å². The number of halogens is 3. The fraction of sp³-hybridized carbons (Fsp3) is 0.542. The molecule has 5 rings (SSSR count). The molecule has 10 heteroatoms. The van der Waals surface area contributed by atoms with Crippen molar-refractivity contribution in [3.8, 4) is 11.6 Å². The normalized spacial score (nSPS) is 23.9. The lowest BCUT2D eigenvalue weighted by molar-refractivity contribution is -0.140. The van der Waals surface area contributed by atoms with Gasteiger partial charge in [-0.3, -0.25) is 14.7 Å². The lowest BCUT2D eigenvalue weighted by Gasteiger charge is -2.38. The molecule has 2 aliphatic heterocycles. The van der Waals surface area contributed by atoms with Crippen molar-refractivity contribution in [3.63, 3.8) is 0 Å². The second-order valence-electron chi connectivity index (χ2n) is 9.25. The van der Waals surface area contributed by atoms with E-state index in [1.165, 1.54) is 25.0 Å². The van der Waals surface area contributed by atoms with Crippen LogP contribution in [0.5, 0.6) is 11.6 Å². The summed E-state index contributed by atoms with van der Waals surface area (Å²) < 4.78 is 50.5. The van der Waals surface area contributed by atoms with E-state index in [4.69, 9.17) is 9.47 Å². The van der Waals surface area contributed by atoms with Crippen molar-refractivity contribution in [3.05, 3.63) is 47.9 Å². The van der Waals surface area contributed by atoms with Crippen LogP contribution in [0.1, 0.15) is 43.4 Å². The number of carbonyl (C=O) groups excluding carboxylic acids is 1. The molecule has 7 nitrogen and oxygen atoms in total. The van der Waals surface area contributed by atoms with Crippen molar-refractivity contribution in [2.45, 2.75) is 56.5 Å². The van der Waals surface area contributed by atoms with Crippen molar-refractivity contribution in [2.75, 3.05) is 26.2 Å². The molecule has 34 heavy (non-hydrogen) atoms. The molecule has 1 unspecified atom stereocenters. The van der Waals surface area contributed by atoms with Gasteiger partial charge in [0.15, 0.2) is 6.10 Å². The fourth-order valence-corrected chi connectivity index (χ4v) is 4.69. The van der Waals surface area contributed by atoms with Crippen molar-refractivity contribution < 1.29 is 27.4 Å². The molecule has 3 aliphatic rings. The zero-order valence-electron chi connectivity index (χ0n) is 18.9. The second kappa shape index (κ2) is 9.05. The minimum absolute atomic E-state index is 0.0254. The molecule has 3 heterocycles. The van der Waals surface area contributed by atoms with Crippen molar-refractivity contribution in [1.82, 2.24) is 19.8 Å². The third kappa shape index (κ3) is 5.11. The Balaban J connectivity index is 1.14. The predicted octanol–water partition coefficient (Wildman–Crippen LogP) is 3.50. The second-order valence-corrected chi connectivity index (χ2v) is 9.25. The number of alkyl halides is 3. The molecule has 1 amide bonds. The summed E-state index contributed by atoms with van der Waals surface area (Å²) >= 11 is 0. The summed E-state index contributed by atoms with van der Waals surface area (Å²) in [6, 6.07) is 4.75. The van der Waals surface area contributed by atoms with Crippen LogP contribution < -0.4 is 9.47 Å². The zero-order valence-corrected chi connectivity index (χ0v) is 18.9. The van der Waals surface area contributed by atoms with Gasteiger partial charge < -0.3 is 14.4 Å². The summed E-state index contributed by atoms with van der Waals surface area (Å²) in [6.07, 6.45) is 1.21.